The van der Waals surface area contributed by atoms with Crippen molar-refractivity contribution in [2.24, 2.45) is 0 Å². The molecule has 0 atom stereocenters. The number of carboxylic acids is 1. The van der Waals surface area contributed by atoms with Crippen LogP contribution in [0.2, 0.25) is 5.02 Å². The maximum absolute atomic E-state index is 12.1. The molecule has 0 aliphatic rings. The van der Waals surface area contributed by atoms with Crippen LogP contribution in [0.25, 0.3) is 28.3 Å². The van der Waals surface area contributed by atoms with Crippen LogP contribution >= 0.6 is 11.6 Å². The van der Waals surface area contributed by atoms with Crippen LogP contribution in [0.1, 0.15) is 21.7 Å². The Labute approximate surface area is 187 Å². The summed E-state index contributed by atoms with van der Waals surface area (Å²) >= 11 is 6.37. The van der Waals surface area contributed by atoms with Crippen molar-refractivity contribution in [2.45, 2.75) is 6.54 Å². The highest BCUT2D eigenvalue weighted by molar-refractivity contribution is 6.35. The number of nitrogen functional groups attached to an aromatic ring is 1. The predicted octanol–water partition coefficient (Wildman–Crippen LogP) is 4.15. The zero-order valence-corrected chi connectivity index (χ0v) is 17.3. The number of aromatic carboxylic acids is 1. The summed E-state index contributed by atoms with van der Waals surface area (Å²) in [4.78, 5) is 31.2. The molecule has 1 aromatic carbocycles. The molecule has 4 aromatic rings. The summed E-state index contributed by atoms with van der Waals surface area (Å²) < 4.78 is 5.77. The van der Waals surface area contributed by atoms with Crippen molar-refractivity contribution in [3.63, 3.8) is 0 Å². The van der Waals surface area contributed by atoms with Gasteiger partial charge in [-0.05, 0) is 54.1 Å². The maximum Gasteiger partial charge on any atom is 0.337 e. The molecule has 0 aliphatic heterocycles. The lowest BCUT2D eigenvalue weighted by molar-refractivity contribution is -0.116. The third-order valence-electron chi connectivity index (χ3n) is 4.60. The number of furan rings is 1. The minimum Gasteiger partial charge on any atom is -0.478 e. The predicted molar refractivity (Wildman–Crippen MR) is 121 cm³/mol. The number of benzene rings is 1. The Hall–Kier alpha value is -4.17. The van der Waals surface area contributed by atoms with E-state index in [1.807, 2.05) is 6.07 Å². The van der Waals surface area contributed by atoms with E-state index in [-0.39, 0.29) is 18.0 Å². The van der Waals surface area contributed by atoms with Crippen molar-refractivity contribution in [3.05, 3.63) is 82.8 Å². The van der Waals surface area contributed by atoms with Crippen LogP contribution in [-0.2, 0) is 11.3 Å². The number of halogens is 1. The van der Waals surface area contributed by atoms with Gasteiger partial charge in [-0.3, -0.25) is 9.78 Å². The van der Waals surface area contributed by atoms with Crippen molar-refractivity contribution in [1.29, 1.82) is 0 Å². The molecule has 0 saturated carbocycles. The lowest BCUT2D eigenvalue weighted by Crippen LogP contribution is -2.19. The molecule has 0 spiro atoms. The van der Waals surface area contributed by atoms with Crippen molar-refractivity contribution >= 4 is 46.3 Å². The van der Waals surface area contributed by atoms with Gasteiger partial charge in [0.25, 0.3) is 0 Å². The largest absolute Gasteiger partial charge is 0.478 e. The van der Waals surface area contributed by atoms with Crippen molar-refractivity contribution < 1.29 is 19.1 Å². The Balaban J connectivity index is 1.47. The molecular weight excluding hydrogens is 432 g/mol. The summed E-state index contributed by atoms with van der Waals surface area (Å²) in [5.74, 6) is -0.397. The maximum atomic E-state index is 12.1. The summed E-state index contributed by atoms with van der Waals surface area (Å²) in [6.45, 7) is 0.176. The Morgan fingerprint density at radius 1 is 1.12 bits per heavy atom. The lowest BCUT2D eigenvalue weighted by Gasteiger charge is -2.03. The number of pyridine rings is 2. The molecule has 4 rings (SSSR count). The zero-order valence-electron chi connectivity index (χ0n) is 16.6. The van der Waals surface area contributed by atoms with Crippen LogP contribution in [0.15, 0.2) is 65.4 Å². The van der Waals surface area contributed by atoms with E-state index in [0.29, 0.717) is 27.9 Å². The fourth-order valence-corrected chi connectivity index (χ4v) is 3.28. The fraction of sp³-hybridized carbons (Fsp3) is 0.0435. The van der Waals surface area contributed by atoms with Gasteiger partial charge < -0.3 is 20.6 Å². The smallest absolute Gasteiger partial charge is 0.337 e. The summed E-state index contributed by atoms with van der Waals surface area (Å²) in [6.07, 6.45) is 5.89. The Bertz CT molecular complexity index is 1330. The van der Waals surface area contributed by atoms with Crippen LogP contribution in [0.5, 0.6) is 0 Å². The number of carbonyl (C=O) groups is 2. The Morgan fingerprint density at radius 3 is 2.66 bits per heavy atom. The van der Waals surface area contributed by atoms with Crippen LogP contribution in [0, 0.1) is 0 Å². The SMILES string of the molecule is Nc1ccc(/C=C/C(=O)NCc2cc3cc(-c4ccc(C(=O)O)cn4)cc(Cl)c3o2)cn1. The van der Waals surface area contributed by atoms with Gasteiger partial charge in [0.2, 0.25) is 5.91 Å². The van der Waals surface area contributed by atoms with E-state index in [9.17, 15) is 9.59 Å². The number of carboxylic acid groups (broad SMARTS) is 1. The van der Waals surface area contributed by atoms with Crippen molar-refractivity contribution in [2.75, 3.05) is 5.73 Å². The van der Waals surface area contributed by atoms with Gasteiger partial charge in [0, 0.05) is 29.4 Å². The first-order valence-corrected chi connectivity index (χ1v) is 9.86. The number of nitrogens with two attached hydrogens (primary N) is 1. The van der Waals surface area contributed by atoms with Crippen LogP contribution in [0.4, 0.5) is 5.82 Å². The normalized spacial score (nSPS) is 11.2. The van der Waals surface area contributed by atoms with E-state index in [1.54, 1.807) is 42.6 Å². The minimum absolute atomic E-state index is 0.101. The zero-order chi connectivity index (χ0) is 22.7. The van der Waals surface area contributed by atoms with E-state index >= 15 is 0 Å². The van der Waals surface area contributed by atoms with Crippen molar-refractivity contribution in [3.8, 4) is 11.3 Å². The van der Waals surface area contributed by atoms with Crippen LogP contribution in [0.3, 0.4) is 0 Å². The van der Waals surface area contributed by atoms with Gasteiger partial charge in [-0.1, -0.05) is 11.6 Å². The Kier molecular flexibility index (Phi) is 5.87. The summed E-state index contributed by atoms with van der Waals surface area (Å²) in [5.41, 5.74) is 8.18. The van der Waals surface area contributed by atoms with Gasteiger partial charge >= 0.3 is 5.97 Å². The number of rotatable bonds is 6. The number of carbonyl (C=O) groups excluding carboxylic acids is 1. The number of anilines is 1. The number of amides is 1. The Morgan fingerprint density at radius 2 is 1.97 bits per heavy atom. The van der Waals surface area contributed by atoms with Gasteiger partial charge in [0.15, 0.2) is 5.58 Å². The fourth-order valence-electron chi connectivity index (χ4n) is 3.01. The molecule has 0 saturated heterocycles. The first kappa shape index (κ1) is 21.1. The van der Waals surface area contributed by atoms with E-state index in [0.717, 1.165) is 16.5 Å². The monoisotopic (exact) mass is 448 g/mol. The summed E-state index contributed by atoms with van der Waals surface area (Å²) in [5, 5.41) is 12.9. The van der Waals surface area contributed by atoms with E-state index in [2.05, 4.69) is 15.3 Å². The van der Waals surface area contributed by atoms with Crippen LogP contribution < -0.4 is 11.1 Å². The van der Waals surface area contributed by atoms with E-state index in [4.69, 9.17) is 26.9 Å². The highest BCUT2D eigenvalue weighted by Crippen LogP contribution is 2.32. The number of hydrogen-bond acceptors (Lipinski definition) is 6. The van der Waals surface area contributed by atoms with Gasteiger partial charge in [0.1, 0.15) is 11.6 Å². The molecule has 32 heavy (non-hydrogen) atoms. The quantitative estimate of drug-likeness (QED) is 0.377. The molecule has 0 bridgehead atoms. The summed E-state index contributed by atoms with van der Waals surface area (Å²) in [7, 11) is 0. The minimum atomic E-state index is -1.04. The third-order valence-corrected chi connectivity index (χ3v) is 4.88. The molecule has 0 radical (unpaired) electrons. The van der Waals surface area contributed by atoms with E-state index in [1.165, 1.54) is 18.3 Å². The second-order valence-electron chi connectivity index (χ2n) is 6.89. The third kappa shape index (κ3) is 4.76. The van der Waals surface area contributed by atoms with Gasteiger partial charge in [-0.15, -0.1) is 0 Å². The first-order chi connectivity index (χ1) is 15.4. The number of nitrogens with one attached hydrogen (secondary N) is 1. The molecule has 160 valence electrons. The molecule has 3 heterocycles. The molecule has 9 heteroatoms. The number of nitrogens with zero attached hydrogens (tertiary/aromatic N) is 2. The summed E-state index contributed by atoms with van der Waals surface area (Å²) in [6, 6.07) is 11.8. The van der Waals surface area contributed by atoms with Gasteiger partial charge in [0.05, 0.1) is 22.8 Å². The lowest BCUT2D eigenvalue weighted by atomic mass is 10.1. The second-order valence-corrected chi connectivity index (χ2v) is 7.30. The molecular formula is C23H17ClN4O4. The average Bonchev–Trinajstić information content (AvgIpc) is 3.21. The molecule has 3 aromatic heterocycles. The number of hydrogen-bond donors (Lipinski definition) is 3. The standard InChI is InChI=1S/C23H17ClN4O4/c24-18-9-15(19-4-3-14(11-26-19)23(30)31)7-16-8-17(32-22(16)18)12-28-21(29)6-2-13-1-5-20(25)27-10-13/h1-11H,12H2,(H2,25,27)(H,28,29)(H,30,31)/b6-2+. The van der Waals surface area contributed by atoms with Crippen LogP contribution in [-0.4, -0.2) is 27.0 Å². The van der Waals surface area contributed by atoms with Crippen molar-refractivity contribution in [1.82, 2.24) is 15.3 Å². The number of fused-ring (bicyclic) bond motifs is 1. The molecule has 0 aliphatic carbocycles. The molecule has 0 fully saturated rings. The van der Waals surface area contributed by atoms with E-state index < -0.39 is 5.97 Å². The highest BCUT2D eigenvalue weighted by Gasteiger charge is 2.12. The topological polar surface area (TPSA) is 131 Å². The highest BCUT2D eigenvalue weighted by atomic mass is 35.5. The van der Waals surface area contributed by atoms with Gasteiger partial charge in [-0.25, -0.2) is 9.78 Å². The number of aromatic nitrogens is 2. The van der Waals surface area contributed by atoms with Gasteiger partial charge in [-0.2, -0.15) is 0 Å². The second kappa shape index (κ2) is 8.91. The molecule has 4 N–H and O–H groups in total. The molecule has 0 unspecified atom stereocenters. The molecule has 8 nitrogen and oxygen atoms in total. The first-order valence-electron chi connectivity index (χ1n) is 9.48. The average molecular weight is 449 g/mol. The molecule has 1 amide bonds.